The Balaban J connectivity index is 2.00. The zero-order valence-corrected chi connectivity index (χ0v) is 13.5. The molecule has 2 aromatic rings. The number of imidazole rings is 1. The highest BCUT2D eigenvalue weighted by atomic mass is 79.9. The maximum atomic E-state index is 5.36. The van der Waals surface area contributed by atoms with Crippen LogP contribution in [0, 0.1) is 6.92 Å². The molecule has 4 nitrogen and oxygen atoms in total. The smallest absolute Gasteiger partial charge is 0.207 e. The van der Waals surface area contributed by atoms with Gasteiger partial charge in [-0.25, -0.2) is 4.98 Å². The lowest BCUT2D eigenvalue weighted by Gasteiger charge is -2.11. The molecule has 0 aliphatic rings. The Morgan fingerprint density at radius 3 is 2.95 bits per heavy atom. The van der Waals surface area contributed by atoms with Crippen molar-refractivity contribution >= 4 is 27.6 Å². The summed E-state index contributed by atoms with van der Waals surface area (Å²) in [6, 6.07) is 6.23. The van der Waals surface area contributed by atoms with Crippen LogP contribution in [0.2, 0.25) is 0 Å². The van der Waals surface area contributed by atoms with Gasteiger partial charge in [0.15, 0.2) is 0 Å². The fourth-order valence-corrected chi connectivity index (χ4v) is 2.64. The van der Waals surface area contributed by atoms with Crippen LogP contribution in [0.25, 0.3) is 0 Å². The molecule has 0 bridgehead atoms. The summed E-state index contributed by atoms with van der Waals surface area (Å²) in [6.45, 7) is 6.54. The number of nitrogens with one attached hydrogen (secondary N) is 1. The third kappa shape index (κ3) is 4.35. The van der Waals surface area contributed by atoms with Crippen LogP contribution >= 0.6 is 15.9 Å². The maximum Gasteiger partial charge on any atom is 0.207 e. The van der Waals surface area contributed by atoms with Crippen LogP contribution in [-0.2, 0) is 11.3 Å². The molecule has 0 fully saturated rings. The Hall–Kier alpha value is -1.33. The fourth-order valence-electron chi connectivity index (χ4n) is 2.03. The van der Waals surface area contributed by atoms with Gasteiger partial charge in [-0.3, -0.25) is 0 Å². The average molecular weight is 338 g/mol. The van der Waals surface area contributed by atoms with Crippen LogP contribution in [0.3, 0.4) is 0 Å². The first-order valence-corrected chi connectivity index (χ1v) is 7.61. The molecule has 0 amide bonds. The van der Waals surface area contributed by atoms with Crippen molar-refractivity contribution in [2.24, 2.45) is 0 Å². The van der Waals surface area contributed by atoms with Crippen molar-refractivity contribution < 1.29 is 4.74 Å². The molecular weight excluding hydrogens is 318 g/mol. The first-order valence-electron chi connectivity index (χ1n) is 6.82. The van der Waals surface area contributed by atoms with Crippen LogP contribution in [0.4, 0.5) is 11.6 Å². The molecule has 0 aliphatic heterocycles. The summed E-state index contributed by atoms with van der Waals surface area (Å²) in [7, 11) is 0. The van der Waals surface area contributed by atoms with Crippen LogP contribution in [0.5, 0.6) is 0 Å². The fraction of sp³-hybridized carbons (Fsp3) is 0.400. The third-order valence-corrected chi connectivity index (χ3v) is 3.36. The molecule has 0 unspecified atom stereocenters. The second-order valence-corrected chi connectivity index (χ2v) is 5.55. The predicted molar refractivity (Wildman–Crippen MR) is 85.5 cm³/mol. The highest BCUT2D eigenvalue weighted by Crippen LogP contribution is 2.22. The lowest BCUT2D eigenvalue weighted by molar-refractivity contribution is 0.142. The van der Waals surface area contributed by atoms with Gasteiger partial charge in [-0.2, -0.15) is 0 Å². The number of halogens is 1. The molecule has 2 rings (SSSR count). The van der Waals surface area contributed by atoms with Crippen molar-refractivity contribution in [1.29, 1.82) is 0 Å². The number of ether oxygens (including phenoxy) is 1. The Bertz CT molecular complexity index is 534. The van der Waals surface area contributed by atoms with Crippen LogP contribution < -0.4 is 5.32 Å². The van der Waals surface area contributed by atoms with E-state index in [-0.39, 0.29) is 0 Å². The molecule has 1 aromatic carbocycles. The van der Waals surface area contributed by atoms with E-state index in [4.69, 9.17) is 4.74 Å². The molecule has 108 valence electrons. The van der Waals surface area contributed by atoms with Gasteiger partial charge in [0, 0.05) is 42.3 Å². The van der Waals surface area contributed by atoms with Crippen LogP contribution in [-0.4, -0.2) is 22.8 Å². The number of aromatic nitrogens is 2. The van der Waals surface area contributed by atoms with Gasteiger partial charge in [0.25, 0.3) is 0 Å². The Morgan fingerprint density at radius 1 is 1.35 bits per heavy atom. The van der Waals surface area contributed by atoms with Gasteiger partial charge in [-0.15, -0.1) is 0 Å². The van der Waals surface area contributed by atoms with E-state index < -0.39 is 0 Å². The summed E-state index contributed by atoms with van der Waals surface area (Å²) in [6.07, 6.45) is 4.78. The standard InChI is InChI=1S/C15H20BrN3O/c1-3-20-8-4-6-19-7-5-17-15(19)18-14-10-12(2)9-13(16)11-14/h5,7,9-11H,3-4,6,8H2,1-2H3,(H,17,18). The molecule has 1 heterocycles. The van der Waals surface area contributed by atoms with E-state index in [1.54, 1.807) is 0 Å². The molecule has 0 aliphatic carbocycles. The molecule has 0 radical (unpaired) electrons. The summed E-state index contributed by atoms with van der Waals surface area (Å²) in [5.41, 5.74) is 2.24. The van der Waals surface area contributed by atoms with Crippen molar-refractivity contribution in [1.82, 2.24) is 9.55 Å². The molecule has 0 saturated heterocycles. The topological polar surface area (TPSA) is 39.1 Å². The molecule has 0 saturated carbocycles. The largest absolute Gasteiger partial charge is 0.382 e. The summed E-state index contributed by atoms with van der Waals surface area (Å²) >= 11 is 3.51. The normalized spacial score (nSPS) is 10.8. The Kier molecular flexibility index (Phi) is 5.61. The first-order chi connectivity index (χ1) is 9.69. The van der Waals surface area contributed by atoms with Gasteiger partial charge in [0.1, 0.15) is 0 Å². The van der Waals surface area contributed by atoms with E-state index in [1.807, 2.05) is 25.4 Å². The zero-order chi connectivity index (χ0) is 14.4. The molecule has 5 heteroatoms. The number of aryl methyl sites for hydroxylation is 2. The quantitative estimate of drug-likeness (QED) is 0.772. The van der Waals surface area contributed by atoms with Crippen molar-refractivity contribution in [2.75, 3.05) is 18.5 Å². The van der Waals surface area contributed by atoms with Gasteiger partial charge in [-0.1, -0.05) is 15.9 Å². The van der Waals surface area contributed by atoms with Crippen LogP contribution in [0.15, 0.2) is 35.1 Å². The number of rotatable bonds is 7. The van der Waals surface area contributed by atoms with E-state index in [0.29, 0.717) is 0 Å². The second kappa shape index (κ2) is 7.45. The summed E-state index contributed by atoms with van der Waals surface area (Å²) < 4.78 is 8.53. The lowest BCUT2D eigenvalue weighted by Crippen LogP contribution is -2.06. The number of hydrogen-bond acceptors (Lipinski definition) is 3. The van der Waals surface area contributed by atoms with Gasteiger partial charge >= 0.3 is 0 Å². The van der Waals surface area contributed by atoms with Gasteiger partial charge in [-0.05, 0) is 44.0 Å². The second-order valence-electron chi connectivity index (χ2n) is 4.64. The van der Waals surface area contributed by atoms with Crippen LogP contribution in [0.1, 0.15) is 18.9 Å². The Labute approximate surface area is 128 Å². The van der Waals surface area contributed by atoms with E-state index in [1.165, 1.54) is 5.56 Å². The van der Waals surface area contributed by atoms with E-state index >= 15 is 0 Å². The highest BCUT2D eigenvalue weighted by Gasteiger charge is 2.04. The summed E-state index contributed by atoms with van der Waals surface area (Å²) in [5.74, 6) is 0.860. The molecule has 1 N–H and O–H groups in total. The minimum absolute atomic E-state index is 0.770. The Morgan fingerprint density at radius 2 is 2.20 bits per heavy atom. The van der Waals surface area contributed by atoms with Gasteiger partial charge in [0.05, 0.1) is 0 Å². The maximum absolute atomic E-state index is 5.36. The van der Waals surface area contributed by atoms with Crippen molar-refractivity contribution in [3.05, 3.63) is 40.6 Å². The minimum atomic E-state index is 0.770. The molecule has 20 heavy (non-hydrogen) atoms. The third-order valence-electron chi connectivity index (χ3n) is 2.91. The van der Waals surface area contributed by atoms with Crippen molar-refractivity contribution in [3.63, 3.8) is 0 Å². The number of hydrogen-bond donors (Lipinski definition) is 1. The van der Waals surface area contributed by atoms with Gasteiger partial charge in [0.2, 0.25) is 5.95 Å². The van der Waals surface area contributed by atoms with E-state index in [2.05, 4.69) is 49.9 Å². The van der Waals surface area contributed by atoms with Crippen molar-refractivity contribution in [3.8, 4) is 0 Å². The molecular formula is C15H20BrN3O. The zero-order valence-electron chi connectivity index (χ0n) is 11.9. The predicted octanol–water partition coefficient (Wildman–Crippen LogP) is 4.12. The average Bonchev–Trinajstić information content (AvgIpc) is 2.81. The monoisotopic (exact) mass is 337 g/mol. The summed E-state index contributed by atoms with van der Waals surface area (Å²) in [5, 5.41) is 3.36. The number of benzene rings is 1. The van der Waals surface area contributed by atoms with E-state index in [9.17, 15) is 0 Å². The number of nitrogens with zero attached hydrogens (tertiary/aromatic N) is 2. The summed E-state index contributed by atoms with van der Waals surface area (Å²) in [4.78, 5) is 4.37. The SMILES string of the molecule is CCOCCCn1ccnc1Nc1cc(C)cc(Br)c1. The lowest BCUT2D eigenvalue weighted by atomic mass is 10.2. The van der Waals surface area contributed by atoms with E-state index in [0.717, 1.165) is 42.3 Å². The first kappa shape index (κ1) is 15.1. The molecule has 0 spiro atoms. The molecule has 1 aromatic heterocycles. The highest BCUT2D eigenvalue weighted by molar-refractivity contribution is 9.10. The van der Waals surface area contributed by atoms with Crippen molar-refractivity contribution in [2.45, 2.75) is 26.8 Å². The number of anilines is 2. The van der Waals surface area contributed by atoms with Gasteiger partial charge < -0.3 is 14.6 Å². The minimum Gasteiger partial charge on any atom is -0.382 e. The molecule has 0 atom stereocenters.